The lowest BCUT2D eigenvalue weighted by molar-refractivity contribution is -0.118. The monoisotopic (exact) mass is 452 g/mol. The van der Waals surface area contributed by atoms with Crippen LogP contribution in [-0.4, -0.2) is 52.1 Å². The van der Waals surface area contributed by atoms with E-state index in [-0.39, 0.29) is 24.2 Å². The fraction of sp³-hybridized carbons (Fsp3) is 0.409. The molecule has 9 heteroatoms. The Morgan fingerprint density at radius 3 is 2.10 bits per heavy atom. The number of nitrogens with one attached hydrogen (secondary N) is 1. The van der Waals surface area contributed by atoms with Crippen LogP contribution in [0.1, 0.15) is 29.4 Å². The maximum absolute atomic E-state index is 12.1. The van der Waals surface area contributed by atoms with Crippen LogP contribution in [0, 0.1) is 0 Å². The Morgan fingerprint density at radius 2 is 1.58 bits per heavy atom. The molecule has 0 radical (unpaired) electrons. The van der Waals surface area contributed by atoms with Gasteiger partial charge in [-0.15, -0.1) is 12.4 Å². The van der Waals surface area contributed by atoms with Crippen molar-refractivity contribution in [3.05, 3.63) is 41.5 Å². The molecule has 4 N–H and O–H groups in total. The summed E-state index contributed by atoms with van der Waals surface area (Å²) < 4.78 is 21.7. The van der Waals surface area contributed by atoms with E-state index in [9.17, 15) is 4.79 Å². The van der Waals surface area contributed by atoms with E-state index in [1.54, 1.807) is 21.3 Å². The van der Waals surface area contributed by atoms with Gasteiger partial charge in [0.15, 0.2) is 11.5 Å². The van der Waals surface area contributed by atoms with Crippen LogP contribution < -0.4 is 30.0 Å². The summed E-state index contributed by atoms with van der Waals surface area (Å²) in [6.45, 7) is -0.431. The Kier molecular flexibility index (Phi) is 8.38. The minimum atomic E-state index is -0.994. The second kappa shape index (κ2) is 10.6. The molecule has 0 bridgehead atoms. The highest BCUT2D eigenvalue weighted by Crippen LogP contribution is 2.57. The number of amides is 1. The fourth-order valence-corrected chi connectivity index (χ4v) is 3.61. The van der Waals surface area contributed by atoms with Crippen LogP contribution in [0.4, 0.5) is 5.69 Å². The first-order chi connectivity index (χ1) is 14.5. The number of nitrogens with two attached hydrogens (primary N) is 1. The van der Waals surface area contributed by atoms with Crippen molar-refractivity contribution >= 4 is 24.0 Å². The van der Waals surface area contributed by atoms with Crippen LogP contribution in [0.5, 0.6) is 23.0 Å². The molecule has 31 heavy (non-hydrogen) atoms. The number of halogens is 1. The van der Waals surface area contributed by atoms with E-state index in [4.69, 9.17) is 29.8 Å². The van der Waals surface area contributed by atoms with Crippen molar-refractivity contribution in [3.8, 4) is 23.0 Å². The number of aliphatic hydroxyl groups is 1. The third-order valence-electron chi connectivity index (χ3n) is 5.35. The zero-order valence-electron chi connectivity index (χ0n) is 18.0. The van der Waals surface area contributed by atoms with Crippen LogP contribution in [0.25, 0.3) is 0 Å². The molecular formula is C22H29ClN2O6. The first-order valence-corrected chi connectivity index (χ1v) is 9.62. The second-order valence-electron chi connectivity index (χ2n) is 7.15. The van der Waals surface area contributed by atoms with Crippen molar-refractivity contribution in [2.75, 3.05) is 40.4 Å². The van der Waals surface area contributed by atoms with Crippen molar-refractivity contribution in [1.82, 2.24) is 0 Å². The van der Waals surface area contributed by atoms with Crippen molar-refractivity contribution in [1.29, 1.82) is 0 Å². The number of anilines is 1. The molecule has 2 aromatic carbocycles. The largest absolute Gasteiger partial charge is 0.495 e. The van der Waals surface area contributed by atoms with Crippen molar-refractivity contribution in [3.63, 3.8) is 0 Å². The highest BCUT2D eigenvalue weighted by atomic mass is 35.5. The van der Waals surface area contributed by atoms with E-state index in [0.29, 0.717) is 28.7 Å². The molecule has 3 atom stereocenters. The predicted octanol–water partition coefficient (Wildman–Crippen LogP) is 2.67. The molecule has 1 aliphatic rings. The van der Waals surface area contributed by atoms with Gasteiger partial charge in [0, 0.05) is 0 Å². The van der Waals surface area contributed by atoms with Crippen LogP contribution >= 0.6 is 12.4 Å². The molecule has 1 aliphatic carbocycles. The van der Waals surface area contributed by atoms with Gasteiger partial charge in [-0.1, -0.05) is 6.07 Å². The SMILES string of the molecule is COc1ccc(C2CC2c2cc(OC)c(OC)c(OC)c2)cc1NC(=O)[C@@H](N)CO.Cl. The summed E-state index contributed by atoms with van der Waals surface area (Å²) in [5.41, 5.74) is 8.30. The van der Waals surface area contributed by atoms with Crippen LogP contribution in [0.15, 0.2) is 30.3 Å². The molecule has 170 valence electrons. The Hall–Kier alpha value is -2.68. The molecular weight excluding hydrogens is 424 g/mol. The highest BCUT2D eigenvalue weighted by molar-refractivity contribution is 5.96. The highest BCUT2D eigenvalue weighted by Gasteiger charge is 2.40. The van der Waals surface area contributed by atoms with Gasteiger partial charge in [0.25, 0.3) is 0 Å². The number of benzene rings is 2. The van der Waals surface area contributed by atoms with E-state index in [2.05, 4.69) is 5.32 Å². The van der Waals surface area contributed by atoms with Gasteiger partial charge in [0.2, 0.25) is 11.7 Å². The topological polar surface area (TPSA) is 112 Å². The van der Waals surface area contributed by atoms with Crippen molar-refractivity contribution < 1.29 is 28.8 Å². The molecule has 0 heterocycles. The molecule has 2 unspecified atom stereocenters. The number of rotatable bonds is 9. The zero-order chi connectivity index (χ0) is 21.8. The van der Waals surface area contributed by atoms with Gasteiger partial charge in [-0.2, -0.15) is 0 Å². The summed E-state index contributed by atoms with van der Waals surface area (Å²) in [6.07, 6.45) is 0.953. The number of methoxy groups -OCH3 is 4. The zero-order valence-corrected chi connectivity index (χ0v) is 18.8. The third-order valence-corrected chi connectivity index (χ3v) is 5.35. The average Bonchev–Trinajstić information content (AvgIpc) is 3.58. The normalized spacial score (nSPS) is 17.7. The van der Waals surface area contributed by atoms with Crippen molar-refractivity contribution in [2.24, 2.45) is 5.73 Å². The molecule has 8 nitrogen and oxygen atoms in total. The first kappa shape index (κ1) is 24.6. The molecule has 0 spiro atoms. The molecule has 1 fully saturated rings. The van der Waals surface area contributed by atoms with Gasteiger partial charge in [-0.25, -0.2) is 0 Å². The summed E-state index contributed by atoms with van der Waals surface area (Å²) in [4.78, 5) is 12.1. The predicted molar refractivity (Wildman–Crippen MR) is 120 cm³/mol. The van der Waals surface area contributed by atoms with E-state index in [0.717, 1.165) is 17.5 Å². The van der Waals surface area contributed by atoms with E-state index in [1.807, 2.05) is 30.3 Å². The quantitative estimate of drug-likeness (QED) is 0.536. The minimum absolute atomic E-state index is 0. The average molecular weight is 453 g/mol. The number of carbonyl (C=O) groups excluding carboxylic acids is 1. The van der Waals surface area contributed by atoms with Gasteiger partial charge in [0.1, 0.15) is 11.8 Å². The fourth-order valence-electron chi connectivity index (χ4n) is 3.61. The Balaban J connectivity index is 0.00000341. The number of hydrogen-bond donors (Lipinski definition) is 3. The Morgan fingerprint density at radius 1 is 1.00 bits per heavy atom. The van der Waals surface area contributed by atoms with Gasteiger partial charge < -0.3 is 35.1 Å². The number of carbonyl (C=O) groups is 1. The lowest BCUT2D eigenvalue weighted by Crippen LogP contribution is -2.38. The lowest BCUT2D eigenvalue weighted by atomic mass is 10.0. The molecule has 0 aromatic heterocycles. The third kappa shape index (κ3) is 5.15. The molecule has 1 amide bonds. The Labute approximate surface area is 188 Å². The lowest BCUT2D eigenvalue weighted by Gasteiger charge is -2.15. The smallest absolute Gasteiger partial charge is 0.243 e. The van der Waals surface area contributed by atoms with Crippen LogP contribution in [0.2, 0.25) is 0 Å². The standard InChI is InChI=1S/C22H28N2O6.ClH/c1-27-18-6-5-12(7-17(18)24-22(26)16(23)11-25)14-10-15(14)13-8-19(28-2)21(30-4)20(9-13)29-3;/h5-9,14-16,25H,10-11,23H2,1-4H3,(H,24,26);1H/t14?,15?,16-;/m0./s1. The number of ether oxygens (including phenoxy) is 4. The summed E-state index contributed by atoms with van der Waals surface area (Å²) >= 11 is 0. The molecule has 3 rings (SSSR count). The van der Waals surface area contributed by atoms with Crippen molar-refractivity contribution in [2.45, 2.75) is 24.3 Å². The van der Waals surface area contributed by atoms with E-state index < -0.39 is 18.6 Å². The molecule has 2 aromatic rings. The van der Waals surface area contributed by atoms with Gasteiger partial charge in [-0.05, 0) is 53.6 Å². The molecule has 0 saturated heterocycles. The van der Waals surface area contributed by atoms with E-state index in [1.165, 1.54) is 7.11 Å². The summed E-state index contributed by atoms with van der Waals surface area (Å²) in [5, 5.41) is 11.8. The summed E-state index contributed by atoms with van der Waals surface area (Å²) in [6, 6.07) is 8.65. The molecule has 1 saturated carbocycles. The Bertz CT molecular complexity index is 898. The summed E-state index contributed by atoms with van der Waals surface area (Å²) in [5.74, 6) is 2.44. The maximum atomic E-state index is 12.1. The first-order valence-electron chi connectivity index (χ1n) is 9.62. The van der Waals surface area contributed by atoms with Gasteiger partial charge in [-0.3, -0.25) is 4.79 Å². The summed E-state index contributed by atoms with van der Waals surface area (Å²) in [7, 11) is 6.31. The van der Waals surface area contributed by atoms with E-state index >= 15 is 0 Å². The van der Waals surface area contributed by atoms with Crippen LogP contribution in [0.3, 0.4) is 0 Å². The molecule has 0 aliphatic heterocycles. The number of aliphatic hydroxyl groups excluding tert-OH is 1. The van der Waals surface area contributed by atoms with Gasteiger partial charge >= 0.3 is 0 Å². The maximum Gasteiger partial charge on any atom is 0.243 e. The van der Waals surface area contributed by atoms with Gasteiger partial charge in [0.05, 0.1) is 40.7 Å². The minimum Gasteiger partial charge on any atom is -0.495 e. The van der Waals surface area contributed by atoms with Crippen LogP contribution in [-0.2, 0) is 4.79 Å². The second-order valence-corrected chi connectivity index (χ2v) is 7.15. The number of hydrogen-bond acceptors (Lipinski definition) is 7.